The van der Waals surface area contributed by atoms with Crippen LogP contribution in [-0.4, -0.2) is 60.1 Å². The van der Waals surface area contributed by atoms with Crippen molar-refractivity contribution < 1.29 is 24.2 Å². The zero-order chi connectivity index (χ0) is 28.4. The van der Waals surface area contributed by atoms with Gasteiger partial charge in [0.15, 0.2) is 0 Å². The number of carboxylic acid groups (broad SMARTS) is 1. The predicted molar refractivity (Wildman–Crippen MR) is 151 cm³/mol. The largest absolute Gasteiger partial charge is 0.481 e. The molecule has 0 aromatic heterocycles. The van der Waals surface area contributed by atoms with E-state index in [2.05, 4.69) is 5.32 Å². The molecule has 12 heteroatoms. The van der Waals surface area contributed by atoms with Gasteiger partial charge in [-0.2, -0.15) is 0 Å². The second-order valence-electron chi connectivity index (χ2n) is 11.3. The van der Waals surface area contributed by atoms with Crippen LogP contribution < -0.4 is 10.2 Å². The summed E-state index contributed by atoms with van der Waals surface area (Å²) in [6, 6.07) is 7.12. The molecular formula is C27H27Cl4N3O5. The first-order valence-corrected chi connectivity index (χ1v) is 13.9. The van der Waals surface area contributed by atoms with Gasteiger partial charge >= 0.3 is 5.97 Å². The molecular weight excluding hydrogens is 588 g/mol. The quantitative estimate of drug-likeness (QED) is 0.468. The summed E-state index contributed by atoms with van der Waals surface area (Å²) in [5.74, 6) is -4.95. The Kier molecular flexibility index (Phi) is 7.36. The Balaban J connectivity index is 1.72. The molecule has 3 aliphatic heterocycles. The first-order valence-electron chi connectivity index (χ1n) is 12.4. The lowest BCUT2D eigenvalue weighted by atomic mass is 9.74. The number of rotatable bonds is 4. The van der Waals surface area contributed by atoms with Gasteiger partial charge in [0.05, 0.1) is 29.8 Å². The molecule has 8 nitrogen and oxygen atoms in total. The van der Waals surface area contributed by atoms with Gasteiger partial charge in [-0.25, -0.2) is 0 Å². The molecule has 2 amide bonds. The van der Waals surface area contributed by atoms with Crippen LogP contribution in [0.3, 0.4) is 0 Å². The van der Waals surface area contributed by atoms with Crippen LogP contribution in [0.5, 0.6) is 0 Å². The highest BCUT2D eigenvalue weighted by Gasteiger charge is 2.71. The SMILES string of the molecule is CC(C)(C)CN(C(=O)C1C2COCCN2C2(C(=O)Nc3c(Cl)cc(Cl)cc32)C1C(=O)O)c1cc(Cl)cc(Cl)c1. The van der Waals surface area contributed by atoms with E-state index in [0.717, 1.165) is 0 Å². The lowest BCUT2D eigenvalue weighted by Crippen LogP contribution is -2.57. The molecule has 4 atom stereocenters. The fraction of sp³-hybridized carbons (Fsp3) is 0.444. The Morgan fingerprint density at radius 2 is 1.74 bits per heavy atom. The second-order valence-corrected chi connectivity index (χ2v) is 13.0. The summed E-state index contributed by atoms with van der Waals surface area (Å²) in [4.78, 5) is 45.0. The Hall–Kier alpha value is -2.07. The third-order valence-electron chi connectivity index (χ3n) is 7.50. The summed E-state index contributed by atoms with van der Waals surface area (Å²) in [5, 5.41) is 14.6. The molecule has 0 bridgehead atoms. The molecule has 1 spiro atoms. The highest BCUT2D eigenvalue weighted by Crippen LogP contribution is 2.58. The molecule has 3 heterocycles. The van der Waals surface area contributed by atoms with Gasteiger partial charge in [0.2, 0.25) is 5.91 Å². The number of nitrogens with zero attached hydrogens (tertiary/aromatic N) is 2. The molecule has 0 radical (unpaired) electrons. The van der Waals surface area contributed by atoms with E-state index in [4.69, 9.17) is 51.1 Å². The number of halogens is 4. The van der Waals surface area contributed by atoms with Crippen LogP contribution in [0.2, 0.25) is 20.1 Å². The summed E-state index contributed by atoms with van der Waals surface area (Å²) in [6.07, 6.45) is 0. The number of carbonyl (C=O) groups is 3. The molecule has 2 aromatic carbocycles. The van der Waals surface area contributed by atoms with Crippen molar-refractivity contribution in [2.75, 3.05) is 36.5 Å². The van der Waals surface area contributed by atoms with Crippen LogP contribution in [0.25, 0.3) is 0 Å². The maximum absolute atomic E-state index is 14.6. The first kappa shape index (κ1) is 28.5. The fourth-order valence-electron chi connectivity index (χ4n) is 6.23. The van der Waals surface area contributed by atoms with Crippen molar-refractivity contribution in [3.8, 4) is 0 Å². The van der Waals surface area contributed by atoms with E-state index in [9.17, 15) is 19.5 Å². The van der Waals surface area contributed by atoms with Crippen LogP contribution in [-0.2, 0) is 24.7 Å². The van der Waals surface area contributed by atoms with Gasteiger partial charge in [-0.15, -0.1) is 0 Å². The van der Waals surface area contributed by atoms with Crippen LogP contribution in [0.4, 0.5) is 11.4 Å². The van der Waals surface area contributed by atoms with E-state index < -0.39 is 41.2 Å². The normalized spacial score (nSPS) is 26.3. The maximum Gasteiger partial charge on any atom is 0.310 e. The smallest absolute Gasteiger partial charge is 0.310 e. The summed E-state index contributed by atoms with van der Waals surface area (Å²) >= 11 is 25.4. The minimum Gasteiger partial charge on any atom is -0.481 e. The van der Waals surface area contributed by atoms with E-state index in [-0.39, 0.29) is 41.8 Å². The topological polar surface area (TPSA) is 99.2 Å². The Morgan fingerprint density at radius 3 is 2.36 bits per heavy atom. The lowest BCUT2D eigenvalue weighted by molar-refractivity contribution is -0.152. The summed E-state index contributed by atoms with van der Waals surface area (Å²) in [6.45, 7) is 6.70. The number of hydrogen-bond donors (Lipinski definition) is 2. The van der Waals surface area contributed by atoms with Crippen LogP contribution >= 0.6 is 46.4 Å². The molecule has 2 aromatic rings. The van der Waals surface area contributed by atoms with E-state index in [1.165, 1.54) is 11.0 Å². The van der Waals surface area contributed by atoms with Crippen molar-refractivity contribution in [2.45, 2.75) is 32.4 Å². The van der Waals surface area contributed by atoms with E-state index >= 15 is 0 Å². The molecule has 2 fully saturated rings. The number of ether oxygens (including phenoxy) is 1. The van der Waals surface area contributed by atoms with Gasteiger partial charge in [0.1, 0.15) is 11.5 Å². The van der Waals surface area contributed by atoms with Crippen molar-refractivity contribution in [1.29, 1.82) is 0 Å². The second kappa shape index (κ2) is 10.1. The minimum absolute atomic E-state index is 0.0680. The molecule has 4 unspecified atom stereocenters. The number of fused-ring (bicyclic) bond motifs is 4. The van der Waals surface area contributed by atoms with Gasteiger partial charge in [-0.1, -0.05) is 67.2 Å². The zero-order valence-corrected chi connectivity index (χ0v) is 24.5. The van der Waals surface area contributed by atoms with Gasteiger partial charge in [0, 0.05) is 45.5 Å². The van der Waals surface area contributed by atoms with E-state index in [1.807, 2.05) is 20.8 Å². The number of benzene rings is 2. The molecule has 39 heavy (non-hydrogen) atoms. The number of nitrogens with one attached hydrogen (secondary N) is 1. The third kappa shape index (κ3) is 4.69. The number of carbonyl (C=O) groups excluding carboxylic acids is 2. The van der Waals surface area contributed by atoms with Crippen LogP contribution in [0.1, 0.15) is 26.3 Å². The van der Waals surface area contributed by atoms with Gasteiger partial charge in [-0.05, 0) is 35.7 Å². The monoisotopic (exact) mass is 613 g/mol. The molecule has 0 saturated carbocycles. The number of hydrogen-bond acceptors (Lipinski definition) is 5. The molecule has 208 valence electrons. The number of amides is 2. The standard InChI is InChI=1S/C27H27Cl4N3O5/c1-26(2,3)12-33(16-7-13(28)6-14(29)8-16)23(35)20-19-11-39-5-4-34(19)27(21(20)24(36)37)17-9-15(30)10-18(31)22(17)32-25(27)38/h6-10,19-21H,4-5,11-12H2,1-3H3,(H,32,38)(H,36,37). The van der Waals surface area contributed by atoms with E-state index in [0.29, 0.717) is 27.0 Å². The highest BCUT2D eigenvalue weighted by atomic mass is 35.5. The molecule has 0 aliphatic carbocycles. The number of anilines is 2. The van der Waals surface area contributed by atoms with Crippen LogP contribution in [0.15, 0.2) is 30.3 Å². The van der Waals surface area contributed by atoms with Gasteiger partial charge < -0.3 is 20.1 Å². The third-order valence-corrected chi connectivity index (χ3v) is 8.45. The predicted octanol–water partition coefficient (Wildman–Crippen LogP) is 5.56. The van der Waals surface area contributed by atoms with Crippen LogP contribution in [0, 0.1) is 17.3 Å². The number of morpholine rings is 1. The first-order chi connectivity index (χ1) is 18.3. The van der Waals surface area contributed by atoms with Crippen molar-refractivity contribution >= 4 is 75.6 Å². The van der Waals surface area contributed by atoms with Crippen molar-refractivity contribution in [3.05, 3.63) is 56.0 Å². The molecule has 5 rings (SSSR count). The molecule has 3 aliphatic rings. The minimum atomic E-state index is -1.72. The molecule has 2 N–H and O–H groups in total. The Labute approximate surface area is 246 Å². The van der Waals surface area contributed by atoms with Gasteiger partial charge in [0.25, 0.3) is 5.91 Å². The van der Waals surface area contributed by atoms with Crippen molar-refractivity contribution in [1.82, 2.24) is 4.90 Å². The summed E-state index contributed by atoms with van der Waals surface area (Å²) in [7, 11) is 0. The number of carboxylic acids is 1. The summed E-state index contributed by atoms with van der Waals surface area (Å²) in [5.41, 5.74) is -1.02. The highest BCUT2D eigenvalue weighted by molar-refractivity contribution is 6.38. The lowest BCUT2D eigenvalue weighted by Gasteiger charge is -2.40. The van der Waals surface area contributed by atoms with Gasteiger partial charge in [-0.3, -0.25) is 19.3 Å². The number of aliphatic carboxylic acids is 1. The average Bonchev–Trinajstić information content (AvgIpc) is 3.30. The molecule has 2 saturated heterocycles. The zero-order valence-electron chi connectivity index (χ0n) is 21.4. The summed E-state index contributed by atoms with van der Waals surface area (Å²) < 4.78 is 5.76. The fourth-order valence-corrected chi connectivity index (χ4v) is 7.29. The van der Waals surface area contributed by atoms with Crippen molar-refractivity contribution in [2.24, 2.45) is 17.3 Å². The maximum atomic E-state index is 14.6. The Morgan fingerprint density at radius 1 is 1.10 bits per heavy atom. The Bertz CT molecular complexity index is 1360. The van der Waals surface area contributed by atoms with Crippen molar-refractivity contribution in [3.63, 3.8) is 0 Å². The average molecular weight is 615 g/mol. The van der Waals surface area contributed by atoms with E-state index in [1.54, 1.807) is 29.2 Å².